The smallest absolute Gasteiger partial charge is 0.122 e. The lowest BCUT2D eigenvalue weighted by Gasteiger charge is -2.29. The Morgan fingerprint density at radius 1 is 1.05 bits per heavy atom. The Balaban J connectivity index is 2.17. The summed E-state index contributed by atoms with van der Waals surface area (Å²) < 4.78 is 5.44. The van der Waals surface area contributed by atoms with E-state index in [1.54, 1.807) is 7.11 Å². The molecule has 1 unspecified atom stereocenters. The Morgan fingerprint density at radius 2 is 1.67 bits per heavy atom. The zero-order valence-corrected chi connectivity index (χ0v) is 13.6. The molecule has 0 fully saturated rings. The summed E-state index contributed by atoms with van der Waals surface area (Å²) in [5, 5.41) is 0. The monoisotopic (exact) mass is 303 g/mol. The average molecular weight is 304 g/mol. The highest BCUT2D eigenvalue weighted by molar-refractivity contribution is 6.17. The van der Waals surface area contributed by atoms with Gasteiger partial charge in [-0.25, -0.2) is 0 Å². The Kier molecular flexibility index (Phi) is 5.51. The van der Waals surface area contributed by atoms with E-state index in [-0.39, 0.29) is 0 Å². The largest absolute Gasteiger partial charge is 0.496 e. The van der Waals surface area contributed by atoms with E-state index in [2.05, 4.69) is 49.2 Å². The SMILES string of the molecule is COc1ccccc1CC(C)N(C)c1ccccc1CCl. The van der Waals surface area contributed by atoms with E-state index in [9.17, 15) is 0 Å². The third-order valence-electron chi connectivity index (χ3n) is 3.88. The van der Waals surface area contributed by atoms with Gasteiger partial charge in [0.25, 0.3) is 0 Å². The van der Waals surface area contributed by atoms with E-state index in [1.807, 2.05) is 18.2 Å². The number of para-hydroxylation sites is 2. The number of rotatable bonds is 6. The molecular weight excluding hydrogens is 282 g/mol. The van der Waals surface area contributed by atoms with E-state index < -0.39 is 0 Å². The molecule has 21 heavy (non-hydrogen) atoms. The van der Waals surface area contributed by atoms with Crippen molar-refractivity contribution in [2.24, 2.45) is 0 Å². The van der Waals surface area contributed by atoms with Crippen LogP contribution in [-0.4, -0.2) is 20.2 Å². The molecule has 0 saturated carbocycles. The van der Waals surface area contributed by atoms with Crippen LogP contribution in [0.2, 0.25) is 0 Å². The summed E-state index contributed by atoms with van der Waals surface area (Å²) in [6.07, 6.45) is 0.928. The molecule has 0 aromatic heterocycles. The van der Waals surface area contributed by atoms with Crippen LogP contribution in [0, 0.1) is 0 Å². The van der Waals surface area contributed by atoms with Crippen LogP contribution in [0.25, 0.3) is 0 Å². The molecule has 0 aliphatic carbocycles. The van der Waals surface area contributed by atoms with E-state index in [0.717, 1.165) is 17.7 Å². The fourth-order valence-electron chi connectivity index (χ4n) is 2.53. The van der Waals surface area contributed by atoms with Gasteiger partial charge in [0.2, 0.25) is 0 Å². The molecule has 0 spiro atoms. The van der Waals surface area contributed by atoms with Crippen molar-refractivity contribution in [2.45, 2.75) is 25.3 Å². The molecule has 112 valence electrons. The number of hydrogen-bond donors (Lipinski definition) is 0. The van der Waals surface area contributed by atoms with Gasteiger partial charge in [-0.05, 0) is 36.6 Å². The van der Waals surface area contributed by atoms with Gasteiger partial charge in [0.05, 0.1) is 7.11 Å². The van der Waals surface area contributed by atoms with Crippen molar-refractivity contribution in [3.8, 4) is 5.75 Å². The third-order valence-corrected chi connectivity index (χ3v) is 4.17. The lowest BCUT2D eigenvalue weighted by molar-refractivity contribution is 0.408. The molecule has 2 rings (SSSR count). The number of methoxy groups -OCH3 is 1. The van der Waals surface area contributed by atoms with Gasteiger partial charge in [0, 0.05) is 24.7 Å². The van der Waals surface area contributed by atoms with Crippen LogP contribution in [0.1, 0.15) is 18.1 Å². The second-order valence-corrected chi connectivity index (χ2v) is 5.51. The molecule has 0 amide bonds. The van der Waals surface area contributed by atoms with Crippen molar-refractivity contribution in [3.63, 3.8) is 0 Å². The number of hydrogen-bond acceptors (Lipinski definition) is 2. The summed E-state index contributed by atoms with van der Waals surface area (Å²) in [6, 6.07) is 16.8. The molecule has 0 radical (unpaired) electrons. The number of ether oxygens (including phenoxy) is 1. The van der Waals surface area contributed by atoms with Crippen LogP contribution in [0.5, 0.6) is 5.75 Å². The Labute approximate surface area is 132 Å². The molecule has 0 N–H and O–H groups in total. The maximum atomic E-state index is 6.04. The minimum absolute atomic E-state index is 0.352. The number of nitrogens with zero attached hydrogens (tertiary/aromatic N) is 1. The molecule has 2 aromatic rings. The van der Waals surface area contributed by atoms with Crippen molar-refractivity contribution in [1.82, 2.24) is 0 Å². The van der Waals surface area contributed by atoms with Crippen molar-refractivity contribution in [2.75, 3.05) is 19.1 Å². The lowest BCUT2D eigenvalue weighted by Crippen LogP contribution is -2.31. The zero-order valence-electron chi connectivity index (χ0n) is 12.8. The lowest BCUT2D eigenvalue weighted by atomic mass is 10.0. The first-order valence-electron chi connectivity index (χ1n) is 7.16. The van der Waals surface area contributed by atoms with Crippen molar-refractivity contribution in [1.29, 1.82) is 0 Å². The first kappa shape index (κ1) is 15.7. The molecule has 2 aromatic carbocycles. The molecular formula is C18H22ClNO. The summed E-state index contributed by atoms with van der Waals surface area (Å²) in [7, 11) is 3.83. The molecule has 3 heteroatoms. The minimum atomic E-state index is 0.352. The van der Waals surface area contributed by atoms with Gasteiger partial charge in [-0.1, -0.05) is 36.4 Å². The van der Waals surface area contributed by atoms with Gasteiger partial charge in [0.1, 0.15) is 5.75 Å². The number of halogens is 1. The van der Waals surface area contributed by atoms with Crippen LogP contribution in [0.4, 0.5) is 5.69 Å². The fourth-order valence-corrected chi connectivity index (χ4v) is 2.76. The first-order chi connectivity index (χ1) is 10.2. The maximum Gasteiger partial charge on any atom is 0.122 e. The second kappa shape index (κ2) is 7.37. The second-order valence-electron chi connectivity index (χ2n) is 5.24. The van der Waals surface area contributed by atoms with Crippen LogP contribution in [0.3, 0.4) is 0 Å². The molecule has 0 aliphatic heterocycles. The number of likely N-dealkylation sites (N-methyl/N-ethyl adjacent to an activating group) is 1. The summed E-state index contributed by atoms with van der Waals surface area (Å²) in [5.41, 5.74) is 3.58. The third kappa shape index (κ3) is 3.70. The molecule has 0 heterocycles. The van der Waals surface area contributed by atoms with Gasteiger partial charge < -0.3 is 9.64 Å². The Bertz CT molecular complexity index is 585. The molecule has 0 aliphatic rings. The molecule has 2 nitrogen and oxygen atoms in total. The zero-order chi connectivity index (χ0) is 15.2. The van der Waals surface area contributed by atoms with Gasteiger partial charge >= 0.3 is 0 Å². The standard InChI is InChI=1S/C18H22ClNO/c1-14(12-15-8-5-7-11-18(15)21-3)20(2)17-10-6-4-9-16(17)13-19/h4-11,14H,12-13H2,1-3H3. The highest BCUT2D eigenvalue weighted by Gasteiger charge is 2.15. The predicted molar refractivity (Wildman–Crippen MR) is 90.6 cm³/mol. The Hall–Kier alpha value is -1.67. The van der Waals surface area contributed by atoms with E-state index >= 15 is 0 Å². The topological polar surface area (TPSA) is 12.5 Å². The fraction of sp³-hybridized carbons (Fsp3) is 0.333. The van der Waals surface area contributed by atoms with Crippen LogP contribution < -0.4 is 9.64 Å². The normalized spacial score (nSPS) is 12.0. The van der Waals surface area contributed by atoms with Crippen molar-refractivity contribution in [3.05, 3.63) is 59.7 Å². The van der Waals surface area contributed by atoms with Crippen molar-refractivity contribution < 1.29 is 4.74 Å². The highest BCUT2D eigenvalue weighted by atomic mass is 35.5. The minimum Gasteiger partial charge on any atom is -0.496 e. The van der Waals surface area contributed by atoms with Crippen molar-refractivity contribution >= 4 is 17.3 Å². The molecule has 1 atom stereocenters. The summed E-state index contributed by atoms with van der Waals surface area (Å²) in [5.74, 6) is 1.48. The van der Waals surface area contributed by atoms with Gasteiger partial charge in [-0.15, -0.1) is 11.6 Å². The molecule has 0 saturated heterocycles. The predicted octanol–water partition coefficient (Wildman–Crippen LogP) is 4.50. The van der Waals surface area contributed by atoms with Gasteiger partial charge in [-0.2, -0.15) is 0 Å². The maximum absolute atomic E-state index is 6.04. The van der Waals surface area contributed by atoms with Gasteiger partial charge in [-0.3, -0.25) is 0 Å². The molecule has 0 bridgehead atoms. The number of benzene rings is 2. The summed E-state index contributed by atoms with van der Waals surface area (Å²) in [4.78, 5) is 2.28. The van der Waals surface area contributed by atoms with Crippen LogP contribution in [-0.2, 0) is 12.3 Å². The highest BCUT2D eigenvalue weighted by Crippen LogP contribution is 2.26. The number of alkyl halides is 1. The quantitative estimate of drug-likeness (QED) is 0.728. The van der Waals surface area contributed by atoms with E-state index in [0.29, 0.717) is 11.9 Å². The Morgan fingerprint density at radius 3 is 2.33 bits per heavy atom. The van der Waals surface area contributed by atoms with E-state index in [4.69, 9.17) is 16.3 Å². The first-order valence-corrected chi connectivity index (χ1v) is 7.69. The number of anilines is 1. The van der Waals surface area contributed by atoms with Crippen LogP contribution in [0.15, 0.2) is 48.5 Å². The van der Waals surface area contributed by atoms with E-state index in [1.165, 1.54) is 11.3 Å². The average Bonchev–Trinajstić information content (AvgIpc) is 2.54. The summed E-state index contributed by atoms with van der Waals surface area (Å²) >= 11 is 6.04. The van der Waals surface area contributed by atoms with Gasteiger partial charge in [0.15, 0.2) is 0 Å². The van der Waals surface area contributed by atoms with Crippen LogP contribution >= 0.6 is 11.6 Å². The summed E-state index contributed by atoms with van der Waals surface area (Å²) in [6.45, 7) is 2.22.